The molecular formula is C15H22O. The van der Waals surface area contributed by atoms with E-state index in [-0.39, 0.29) is 6.10 Å². The predicted octanol–water partition coefficient (Wildman–Crippen LogP) is 3.86. The van der Waals surface area contributed by atoms with Crippen molar-refractivity contribution in [1.29, 1.82) is 0 Å². The lowest BCUT2D eigenvalue weighted by molar-refractivity contribution is 0.118. The van der Waals surface area contributed by atoms with Crippen molar-refractivity contribution in [2.45, 2.75) is 51.6 Å². The summed E-state index contributed by atoms with van der Waals surface area (Å²) in [6.07, 6.45) is 6.97. The molecule has 2 rings (SSSR count). The quantitative estimate of drug-likeness (QED) is 0.795. The number of benzene rings is 1. The van der Waals surface area contributed by atoms with Crippen LogP contribution in [0.4, 0.5) is 0 Å². The lowest BCUT2D eigenvalue weighted by Crippen LogP contribution is -2.14. The van der Waals surface area contributed by atoms with Crippen molar-refractivity contribution in [3.8, 4) is 0 Å². The lowest BCUT2D eigenvalue weighted by Gasteiger charge is -2.27. The summed E-state index contributed by atoms with van der Waals surface area (Å²) in [6, 6.07) is 8.46. The highest BCUT2D eigenvalue weighted by molar-refractivity contribution is 5.25. The van der Waals surface area contributed by atoms with E-state index in [2.05, 4.69) is 31.2 Å². The molecule has 0 aromatic heterocycles. The SMILES string of the molecule is CCCc1cccc(C(O)CC2CCC2)c1. The van der Waals surface area contributed by atoms with Gasteiger partial charge in [0.05, 0.1) is 6.10 Å². The van der Waals surface area contributed by atoms with E-state index < -0.39 is 0 Å². The lowest BCUT2D eigenvalue weighted by atomic mass is 9.80. The normalized spacial score (nSPS) is 18.1. The van der Waals surface area contributed by atoms with Gasteiger partial charge in [-0.05, 0) is 29.9 Å². The fourth-order valence-electron chi connectivity index (χ4n) is 2.42. The average Bonchev–Trinajstić information content (AvgIpc) is 2.24. The zero-order valence-electron chi connectivity index (χ0n) is 10.2. The zero-order valence-corrected chi connectivity index (χ0v) is 10.2. The Morgan fingerprint density at radius 3 is 2.81 bits per heavy atom. The number of rotatable bonds is 5. The van der Waals surface area contributed by atoms with Crippen LogP contribution in [0.3, 0.4) is 0 Å². The van der Waals surface area contributed by atoms with Crippen molar-refractivity contribution in [2.75, 3.05) is 0 Å². The zero-order chi connectivity index (χ0) is 11.4. The Labute approximate surface area is 98.5 Å². The minimum atomic E-state index is -0.248. The first-order chi connectivity index (χ1) is 7.79. The van der Waals surface area contributed by atoms with Gasteiger partial charge in [0, 0.05) is 0 Å². The Kier molecular flexibility index (Phi) is 4.00. The van der Waals surface area contributed by atoms with Crippen LogP contribution in [0.5, 0.6) is 0 Å². The Hall–Kier alpha value is -0.820. The maximum absolute atomic E-state index is 10.1. The molecule has 88 valence electrons. The Morgan fingerprint density at radius 2 is 2.19 bits per heavy atom. The molecule has 1 heteroatoms. The second kappa shape index (κ2) is 5.49. The molecule has 0 amide bonds. The molecule has 1 nitrogen and oxygen atoms in total. The molecule has 0 heterocycles. The van der Waals surface area contributed by atoms with Crippen molar-refractivity contribution < 1.29 is 5.11 Å². The summed E-state index contributed by atoms with van der Waals surface area (Å²) in [5.74, 6) is 0.768. The largest absolute Gasteiger partial charge is 0.388 e. The highest BCUT2D eigenvalue weighted by atomic mass is 16.3. The van der Waals surface area contributed by atoms with Gasteiger partial charge >= 0.3 is 0 Å². The van der Waals surface area contributed by atoms with Crippen molar-refractivity contribution in [3.05, 3.63) is 35.4 Å². The van der Waals surface area contributed by atoms with Crippen LogP contribution in [0.25, 0.3) is 0 Å². The number of aryl methyl sites for hydroxylation is 1. The van der Waals surface area contributed by atoms with E-state index in [0.717, 1.165) is 24.3 Å². The number of hydrogen-bond donors (Lipinski definition) is 1. The van der Waals surface area contributed by atoms with Crippen LogP contribution in [0.2, 0.25) is 0 Å². The summed E-state index contributed by atoms with van der Waals surface area (Å²) in [4.78, 5) is 0. The number of aliphatic hydroxyl groups is 1. The van der Waals surface area contributed by atoms with Gasteiger partial charge in [-0.25, -0.2) is 0 Å². The Bertz CT molecular complexity index is 328. The van der Waals surface area contributed by atoms with Crippen LogP contribution in [0.1, 0.15) is 56.3 Å². The second-order valence-corrected chi connectivity index (χ2v) is 5.04. The van der Waals surface area contributed by atoms with Crippen LogP contribution in [0.15, 0.2) is 24.3 Å². The summed E-state index contributed by atoms with van der Waals surface area (Å²) >= 11 is 0. The molecule has 1 unspecified atom stereocenters. The summed E-state index contributed by atoms with van der Waals surface area (Å²) in [6.45, 7) is 2.19. The van der Waals surface area contributed by atoms with Crippen LogP contribution < -0.4 is 0 Å². The first-order valence-electron chi connectivity index (χ1n) is 6.56. The molecule has 0 bridgehead atoms. The monoisotopic (exact) mass is 218 g/mol. The maximum Gasteiger partial charge on any atom is 0.0792 e. The smallest absolute Gasteiger partial charge is 0.0792 e. The minimum Gasteiger partial charge on any atom is -0.388 e. The first-order valence-corrected chi connectivity index (χ1v) is 6.56. The average molecular weight is 218 g/mol. The van der Waals surface area contributed by atoms with E-state index in [1.807, 2.05) is 0 Å². The van der Waals surface area contributed by atoms with Gasteiger partial charge in [0.15, 0.2) is 0 Å². The maximum atomic E-state index is 10.1. The summed E-state index contributed by atoms with van der Waals surface area (Å²) in [5, 5.41) is 10.1. The minimum absolute atomic E-state index is 0.248. The van der Waals surface area contributed by atoms with Gasteiger partial charge in [-0.15, -0.1) is 0 Å². The molecule has 16 heavy (non-hydrogen) atoms. The predicted molar refractivity (Wildman–Crippen MR) is 67.4 cm³/mol. The van der Waals surface area contributed by atoms with Crippen LogP contribution in [0, 0.1) is 5.92 Å². The van der Waals surface area contributed by atoms with Crippen molar-refractivity contribution in [2.24, 2.45) is 5.92 Å². The summed E-state index contributed by atoms with van der Waals surface area (Å²) < 4.78 is 0. The van der Waals surface area contributed by atoms with Crippen molar-refractivity contribution in [3.63, 3.8) is 0 Å². The number of hydrogen-bond acceptors (Lipinski definition) is 1. The second-order valence-electron chi connectivity index (χ2n) is 5.04. The van der Waals surface area contributed by atoms with E-state index in [4.69, 9.17) is 0 Å². The van der Waals surface area contributed by atoms with E-state index in [0.29, 0.717) is 0 Å². The molecule has 1 aromatic rings. The van der Waals surface area contributed by atoms with Gasteiger partial charge in [0.1, 0.15) is 0 Å². The highest BCUT2D eigenvalue weighted by Gasteiger charge is 2.21. The van der Waals surface area contributed by atoms with Gasteiger partial charge in [-0.3, -0.25) is 0 Å². The van der Waals surface area contributed by atoms with E-state index >= 15 is 0 Å². The van der Waals surface area contributed by atoms with Crippen LogP contribution in [-0.2, 0) is 6.42 Å². The fourth-order valence-corrected chi connectivity index (χ4v) is 2.42. The third-order valence-electron chi connectivity index (χ3n) is 3.66. The first kappa shape index (κ1) is 11.7. The molecule has 1 N–H and O–H groups in total. The third kappa shape index (κ3) is 2.85. The van der Waals surface area contributed by atoms with Gasteiger partial charge in [-0.1, -0.05) is 56.9 Å². The van der Waals surface area contributed by atoms with Gasteiger partial charge in [0.2, 0.25) is 0 Å². The van der Waals surface area contributed by atoms with Crippen LogP contribution >= 0.6 is 0 Å². The molecule has 1 aromatic carbocycles. The molecule has 1 atom stereocenters. The molecular weight excluding hydrogens is 196 g/mol. The Balaban J connectivity index is 1.97. The highest BCUT2D eigenvalue weighted by Crippen LogP contribution is 2.34. The van der Waals surface area contributed by atoms with Gasteiger partial charge < -0.3 is 5.11 Å². The van der Waals surface area contributed by atoms with E-state index in [1.165, 1.54) is 31.2 Å². The summed E-state index contributed by atoms with van der Waals surface area (Å²) in [7, 11) is 0. The van der Waals surface area contributed by atoms with Crippen LogP contribution in [-0.4, -0.2) is 5.11 Å². The molecule has 0 saturated heterocycles. The number of aliphatic hydroxyl groups excluding tert-OH is 1. The molecule has 1 fully saturated rings. The topological polar surface area (TPSA) is 20.2 Å². The third-order valence-corrected chi connectivity index (χ3v) is 3.66. The molecule has 1 aliphatic carbocycles. The summed E-state index contributed by atoms with van der Waals surface area (Å²) in [5.41, 5.74) is 2.46. The molecule has 1 saturated carbocycles. The van der Waals surface area contributed by atoms with Gasteiger partial charge in [-0.2, -0.15) is 0 Å². The fraction of sp³-hybridized carbons (Fsp3) is 0.600. The molecule has 1 aliphatic rings. The van der Waals surface area contributed by atoms with E-state index in [9.17, 15) is 5.11 Å². The van der Waals surface area contributed by atoms with E-state index in [1.54, 1.807) is 0 Å². The molecule has 0 aliphatic heterocycles. The van der Waals surface area contributed by atoms with Crippen molar-refractivity contribution >= 4 is 0 Å². The molecule has 0 radical (unpaired) electrons. The molecule has 0 spiro atoms. The Morgan fingerprint density at radius 1 is 1.38 bits per heavy atom. The van der Waals surface area contributed by atoms with Crippen molar-refractivity contribution in [1.82, 2.24) is 0 Å². The van der Waals surface area contributed by atoms with Gasteiger partial charge in [0.25, 0.3) is 0 Å². The standard InChI is InChI=1S/C15H22O/c1-2-5-12-8-4-9-14(10-12)15(16)11-13-6-3-7-13/h4,8-10,13,15-16H,2-3,5-7,11H2,1H3.